The first kappa shape index (κ1) is 23.0. The molecule has 1 saturated carbocycles. The third kappa shape index (κ3) is 4.49. The highest BCUT2D eigenvalue weighted by molar-refractivity contribution is 7.90. The van der Waals surface area contributed by atoms with Gasteiger partial charge in [-0.05, 0) is 50.3 Å². The van der Waals surface area contributed by atoms with E-state index in [-0.39, 0.29) is 30.5 Å². The molecule has 2 saturated heterocycles. The highest BCUT2D eigenvalue weighted by atomic mass is 35.5. The number of halogens is 1. The molecule has 32 heavy (non-hydrogen) atoms. The fourth-order valence-corrected chi connectivity index (χ4v) is 5.66. The average molecular weight is 482 g/mol. The van der Waals surface area contributed by atoms with E-state index in [4.69, 9.17) is 16.3 Å². The number of benzene rings is 1. The molecule has 1 aliphatic carbocycles. The van der Waals surface area contributed by atoms with Crippen LogP contribution in [0.1, 0.15) is 33.1 Å². The minimum atomic E-state index is -3.11. The minimum Gasteiger partial charge on any atom is -0.375 e. The van der Waals surface area contributed by atoms with Crippen LogP contribution < -0.4 is 5.32 Å². The van der Waals surface area contributed by atoms with Crippen LogP contribution in [0.4, 0.5) is 10.5 Å². The summed E-state index contributed by atoms with van der Waals surface area (Å²) in [5.74, 6) is 0.430. The summed E-state index contributed by atoms with van der Waals surface area (Å²) in [4.78, 5) is 16.6. The molecule has 9 nitrogen and oxygen atoms in total. The maximum Gasteiger partial charge on any atom is 0.322 e. The molecule has 1 aromatic carbocycles. The zero-order valence-corrected chi connectivity index (χ0v) is 19.9. The second-order valence-corrected chi connectivity index (χ2v) is 11.6. The number of carbonyl (C=O) groups is 1. The van der Waals surface area contributed by atoms with Crippen molar-refractivity contribution in [3.63, 3.8) is 0 Å². The van der Waals surface area contributed by atoms with Crippen molar-refractivity contribution in [1.29, 1.82) is 0 Å². The Hall–Kier alpha value is -2.17. The Labute approximate surface area is 193 Å². The molecule has 2 aliphatic heterocycles. The molecule has 4 atom stereocenters. The SMILES string of the molecule is C[C@@H]1C[C@@H]2C[C@]([C@H](C)OCCS(C)(=O)=O)(C1)N2C(=O)Nc1ccc(Cl)c(-n2nccn2)c1. The van der Waals surface area contributed by atoms with Crippen LogP contribution in [0.15, 0.2) is 30.6 Å². The predicted molar refractivity (Wildman–Crippen MR) is 122 cm³/mol. The number of hydrogen-bond acceptors (Lipinski definition) is 6. The normalized spacial score (nSPS) is 25.8. The molecule has 5 rings (SSSR count). The number of urea groups is 1. The number of nitrogens with one attached hydrogen (secondary N) is 1. The average Bonchev–Trinajstić information content (AvgIpc) is 3.22. The van der Waals surface area contributed by atoms with Gasteiger partial charge < -0.3 is 15.0 Å². The fraction of sp³-hybridized carbons (Fsp3) is 0.571. The maximum absolute atomic E-state index is 13.3. The highest BCUT2D eigenvalue weighted by Gasteiger charge is 2.61. The second-order valence-electron chi connectivity index (χ2n) is 8.93. The van der Waals surface area contributed by atoms with E-state index in [1.54, 1.807) is 30.6 Å². The Balaban J connectivity index is 1.50. The van der Waals surface area contributed by atoms with Crippen molar-refractivity contribution in [3.8, 4) is 5.69 Å². The van der Waals surface area contributed by atoms with E-state index in [1.165, 1.54) is 11.1 Å². The Morgan fingerprint density at radius 3 is 2.75 bits per heavy atom. The molecule has 1 N–H and O–H groups in total. The Bertz CT molecular complexity index is 1090. The number of amides is 2. The van der Waals surface area contributed by atoms with Crippen molar-refractivity contribution < 1.29 is 17.9 Å². The van der Waals surface area contributed by atoms with Crippen LogP contribution in [-0.2, 0) is 14.6 Å². The molecule has 3 aliphatic rings. The lowest BCUT2D eigenvalue weighted by molar-refractivity contribution is -0.162. The van der Waals surface area contributed by atoms with Crippen LogP contribution in [0.2, 0.25) is 5.02 Å². The van der Waals surface area contributed by atoms with Gasteiger partial charge in [0.15, 0.2) is 0 Å². The quantitative estimate of drug-likeness (QED) is 0.651. The van der Waals surface area contributed by atoms with Gasteiger partial charge in [0.1, 0.15) is 15.5 Å². The van der Waals surface area contributed by atoms with Gasteiger partial charge >= 0.3 is 6.03 Å². The summed E-state index contributed by atoms with van der Waals surface area (Å²) < 4.78 is 28.9. The Morgan fingerprint density at radius 2 is 2.06 bits per heavy atom. The van der Waals surface area contributed by atoms with Gasteiger partial charge in [-0.15, -0.1) is 0 Å². The van der Waals surface area contributed by atoms with Crippen LogP contribution in [0.25, 0.3) is 5.69 Å². The zero-order chi connectivity index (χ0) is 23.1. The van der Waals surface area contributed by atoms with Gasteiger partial charge in [0.05, 0.1) is 41.4 Å². The minimum absolute atomic E-state index is 0.0341. The molecule has 1 aromatic heterocycles. The molecule has 0 radical (unpaired) electrons. The summed E-state index contributed by atoms with van der Waals surface area (Å²) in [5.41, 5.74) is 0.715. The first-order valence-electron chi connectivity index (χ1n) is 10.6. The van der Waals surface area contributed by atoms with Gasteiger partial charge in [-0.25, -0.2) is 13.2 Å². The van der Waals surface area contributed by atoms with Gasteiger partial charge in [0.2, 0.25) is 0 Å². The molecule has 2 bridgehead atoms. The van der Waals surface area contributed by atoms with Crippen LogP contribution in [-0.4, -0.2) is 70.6 Å². The highest BCUT2D eigenvalue weighted by Crippen LogP contribution is 2.52. The standard InChI is InChI=1S/C21H28ClN5O4S/c1-14-10-17-13-21(12-14,15(2)31-8-9-32(3,29)30)26(17)20(28)25-16-4-5-18(22)19(11-16)27-23-6-7-24-27/h4-7,11,14-15,17H,8-10,12-13H2,1-3H3,(H,25,28)/t14-,15+,17-,21+/m1/s1. The van der Waals surface area contributed by atoms with E-state index in [2.05, 4.69) is 22.4 Å². The zero-order valence-electron chi connectivity index (χ0n) is 18.4. The Morgan fingerprint density at radius 1 is 1.34 bits per heavy atom. The number of ether oxygens (including phenoxy) is 1. The van der Waals surface area contributed by atoms with Crippen molar-refractivity contribution in [2.75, 3.05) is 23.9 Å². The van der Waals surface area contributed by atoms with Crippen molar-refractivity contribution in [2.45, 2.75) is 50.8 Å². The fourth-order valence-electron chi connectivity index (χ4n) is 5.07. The van der Waals surface area contributed by atoms with E-state index in [1.807, 2.05) is 11.8 Å². The van der Waals surface area contributed by atoms with Crippen LogP contribution in [0.3, 0.4) is 0 Å². The lowest BCUT2D eigenvalue weighted by atomic mass is 9.62. The maximum atomic E-state index is 13.3. The third-order valence-corrected chi connectivity index (χ3v) is 7.67. The molecule has 0 unspecified atom stereocenters. The summed E-state index contributed by atoms with van der Waals surface area (Å²) in [7, 11) is -3.11. The number of nitrogens with zero attached hydrogens (tertiary/aromatic N) is 4. The smallest absolute Gasteiger partial charge is 0.322 e. The largest absolute Gasteiger partial charge is 0.375 e. The molecule has 3 heterocycles. The van der Waals surface area contributed by atoms with Crippen molar-refractivity contribution >= 4 is 33.2 Å². The second kappa shape index (κ2) is 8.64. The number of rotatable bonds is 7. The molecular formula is C21H28ClN5O4S. The van der Waals surface area contributed by atoms with Crippen LogP contribution in [0, 0.1) is 5.92 Å². The van der Waals surface area contributed by atoms with Crippen LogP contribution in [0.5, 0.6) is 0 Å². The lowest BCUT2D eigenvalue weighted by Crippen LogP contribution is -2.76. The summed E-state index contributed by atoms with van der Waals surface area (Å²) in [6.45, 7) is 4.23. The van der Waals surface area contributed by atoms with Crippen LogP contribution >= 0.6 is 11.6 Å². The van der Waals surface area contributed by atoms with Gasteiger partial charge in [-0.2, -0.15) is 15.0 Å². The number of piperidine rings is 1. The predicted octanol–water partition coefficient (Wildman–Crippen LogP) is 3.15. The van der Waals surface area contributed by atoms with E-state index >= 15 is 0 Å². The Kier molecular flexibility index (Phi) is 6.21. The summed E-state index contributed by atoms with van der Waals surface area (Å²) in [6, 6.07) is 5.11. The molecule has 2 aromatic rings. The lowest BCUT2D eigenvalue weighted by Gasteiger charge is -2.65. The number of carbonyl (C=O) groups excluding carboxylic acids is 1. The first-order chi connectivity index (χ1) is 15.1. The number of fused-ring (bicyclic) bond motifs is 2. The molecule has 11 heteroatoms. The molecule has 2 amide bonds. The summed E-state index contributed by atoms with van der Waals surface area (Å²) in [6.07, 6.45) is 6.64. The van der Waals surface area contributed by atoms with E-state index in [0.29, 0.717) is 22.3 Å². The topological polar surface area (TPSA) is 106 Å². The van der Waals surface area contributed by atoms with E-state index in [0.717, 1.165) is 19.3 Å². The summed E-state index contributed by atoms with van der Waals surface area (Å²) >= 11 is 6.28. The van der Waals surface area contributed by atoms with Gasteiger partial charge in [0.25, 0.3) is 0 Å². The first-order valence-corrected chi connectivity index (χ1v) is 13.1. The van der Waals surface area contributed by atoms with E-state index in [9.17, 15) is 13.2 Å². The molecule has 174 valence electrons. The molecular weight excluding hydrogens is 454 g/mol. The third-order valence-electron chi connectivity index (χ3n) is 6.44. The van der Waals surface area contributed by atoms with E-state index < -0.39 is 15.4 Å². The van der Waals surface area contributed by atoms with Crippen molar-refractivity contribution in [1.82, 2.24) is 19.9 Å². The number of aromatic nitrogens is 3. The van der Waals surface area contributed by atoms with Crippen molar-refractivity contribution in [3.05, 3.63) is 35.6 Å². The monoisotopic (exact) mass is 481 g/mol. The molecule has 0 spiro atoms. The van der Waals surface area contributed by atoms with Gasteiger partial charge in [-0.3, -0.25) is 0 Å². The van der Waals surface area contributed by atoms with Crippen molar-refractivity contribution in [2.24, 2.45) is 5.92 Å². The summed E-state index contributed by atoms with van der Waals surface area (Å²) in [5, 5.41) is 11.7. The number of hydrogen-bond donors (Lipinski definition) is 1. The number of sulfone groups is 1. The van der Waals surface area contributed by atoms with Gasteiger partial charge in [0, 0.05) is 18.0 Å². The molecule has 3 fully saturated rings. The number of anilines is 1. The van der Waals surface area contributed by atoms with Gasteiger partial charge in [-0.1, -0.05) is 18.5 Å².